The summed E-state index contributed by atoms with van der Waals surface area (Å²) >= 11 is 0.780. The molecule has 0 saturated carbocycles. The van der Waals surface area contributed by atoms with Crippen molar-refractivity contribution >= 4 is 140 Å². The molecule has 9 rings (SSSR count). The number of H-pyrrole nitrogens is 3. The van der Waals surface area contributed by atoms with Crippen LogP contribution in [0.5, 0.6) is 5.75 Å². The molecule has 0 bridgehead atoms. The first-order valence-electron chi connectivity index (χ1n) is 46.0. The number of imidazole rings is 1. The number of ether oxygens (including phenoxy) is 1. The van der Waals surface area contributed by atoms with E-state index in [-0.39, 0.29) is 89.6 Å². The van der Waals surface area contributed by atoms with Crippen molar-refractivity contribution in [3.05, 3.63) is 120 Å². The zero-order valence-electron chi connectivity index (χ0n) is 78.5. The van der Waals surface area contributed by atoms with Crippen LogP contribution in [0.15, 0.2) is 97.7 Å². The van der Waals surface area contributed by atoms with E-state index >= 15 is 38.4 Å². The molecule has 15 atom stereocenters. The summed E-state index contributed by atoms with van der Waals surface area (Å²) in [5.41, 5.74) is 19.9. The van der Waals surface area contributed by atoms with E-state index in [0.29, 0.717) is 75.6 Å². The number of aromatic amines is 3. The van der Waals surface area contributed by atoms with E-state index in [1.807, 2.05) is 13.8 Å². The Labute approximate surface area is 796 Å². The van der Waals surface area contributed by atoms with Crippen LogP contribution in [0.3, 0.4) is 0 Å². The number of hydrogen-bond donors (Lipinski definition) is 20. The zero-order chi connectivity index (χ0) is 100. The van der Waals surface area contributed by atoms with E-state index in [1.54, 1.807) is 99.0 Å². The molecular weight excluding hydrogens is 1790 g/mol. The maximum absolute atomic E-state index is 15.8. The summed E-state index contributed by atoms with van der Waals surface area (Å²) in [6.45, 7) is 6.07. The Kier molecular flexibility index (Phi) is 40.0. The van der Waals surface area contributed by atoms with E-state index in [9.17, 15) is 53.4 Å². The molecular formula is C92H130N24O20S. The predicted molar refractivity (Wildman–Crippen MR) is 505 cm³/mol. The highest BCUT2D eigenvalue weighted by Gasteiger charge is 2.47. The number of methoxy groups -OCH3 is 1. The van der Waals surface area contributed by atoms with Crippen molar-refractivity contribution in [2.75, 3.05) is 72.5 Å². The van der Waals surface area contributed by atoms with Gasteiger partial charge in [0.2, 0.25) is 100 Å². The molecule has 45 heteroatoms. The smallest absolute Gasteiger partial charge is 0.246 e. The second-order valence-corrected chi connectivity index (χ2v) is 36.2. The average Bonchev–Trinajstić information content (AvgIpc) is 1.80. The summed E-state index contributed by atoms with van der Waals surface area (Å²) in [4.78, 5) is 270. The van der Waals surface area contributed by atoms with E-state index in [1.165, 1.54) is 47.7 Å². The lowest BCUT2D eigenvalue weighted by Gasteiger charge is -2.36. The number of nitrogens with zero attached hydrogens (tertiary/aromatic N) is 6. The van der Waals surface area contributed by atoms with Crippen LogP contribution < -0.4 is 80.4 Å². The highest BCUT2D eigenvalue weighted by Crippen LogP contribution is 2.28. The van der Waals surface area contributed by atoms with Crippen LogP contribution in [0.25, 0.3) is 21.8 Å². The second kappa shape index (κ2) is 51.3. The maximum Gasteiger partial charge on any atom is 0.246 e. The van der Waals surface area contributed by atoms with Crippen LogP contribution in [0, 0.1) is 11.3 Å². The Bertz CT molecular complexity index is 5270. The fraction of sp³-hybridized carbons (Fsp3) is 0.533. The van der Waals surface area contributed by atoms with E-state index in [4.69, 9.17) is 27.3 Å². The SMILES string of the molecule is CCCC[C@H]1C(=O)N(C)[C@@H](CCCC)C(=O)N[C@@H](CCCNC(=N)N)C(=O)N[C@H](C(=O)NCC(N)=O)CSCC(=O)N[C@@H](Cc2ccc(OC)cc2)C(=O)N(C)[C@@H](C)C(=O)N[C@@H](CC(N)=O)C(=O)N2CCC[C@H]2C(=O)N[C@@H](Cc2cnc[nH]2)C(=O)N[C@@H](CC(C)C)C(=O)N2C[C@H](O)CC2C(=O)N[C@@H](Cc2c[nH]c3ccccc23)C(=O)N[C@@H](CO)C(=O)N[C@@H](Cc2c[nH]c3ccccc23)C(=O)N1C. The molecule has 137 heavy (non-hydrogen) atoms. The van der Waals surface area contributed by atoms with Gasteiger partial charge in [-0.25, -0.2) is 4.98 Å². The van der Waals surface area contributed by atoms with E-state index in [0.717, 1.165) is 36.3 Å². The molecule has 0 radical (unpaired) electrons. The van der Waals surface area contributed by atoms with Crippen molar-refractivity contribution in [3.63, 3.8) is 0 Å². The number of primary amides is 2. The molecule has 3 saturated heterocycles. The van der Waals surface area contributed by atoms with Gasteiger partial charge in [0, 0.05) is 125 Å². The van der Waals surface area contributed by atoms with Gasteiger partial charge in [0.05, 0.1) is 44.9 Å². The number of hydrogen-bond acceptors (Lipinski definition) is 23. The number of aliphatic hydroxyl groups excluding tert-OH is 2. The minimum absolute atomic E-state index is 0.00929. The Morgan fingerprint density at radius 1 is 0.562 bits per heavy atom. The number of benzene rings is 3. The number of aliphatic hydroxyl groups is 2. The van der Waals surface area contributed by atoms with Crippen LogP contribution in [-0.2, 0) is 107 Å². The number of likely N-dealkylation sites (N-methyl/N-ethyl adjacent to an activating group) is 3. The molecule has 6 heterocycles. The first-order valence-corrected chi connectivity index (χ1v) is 47.1. The molecule has 0 aliphatic carbocycles. The lowest BCUT2D eigenvalue weighted by Crippen LogP contribution is -2.62. The van der Waals surface area contributed by atoms with Gasteiger partial charge >= 0.3 is 0 Å². The first-order chi connectivity index (χ1) is 65.3. The third-order valence-electron chi connectivity index (χ3n) is 24.5. The summed E-state index contributed by atoms with van der Waals surface area (Å²) in [7, 11) is 5.37. The maximum atomic E-state index is 15.8. The molecule has 0 spiro atoms. The molecule has 17 amide bonds. The van der Waals surface area contributed by atoms with Crippen molar-refractivity contribution in [1.29, 1.82) is 5.41 Å². The van der Waals surface area contributed by atoms with Crippen molar-refractivity contribution < 1.29 is 96.5 Å². The number of nitrogens with one attached hydrogen (secondary N) is 15. The van der Waals surface area contributed by atoms with Gasteiger partial charge in [-0.15, -0.1) is 11.8 Å². The average molecular weight is 1920 g/mol. The number of carbonyl (C=O) groups is 17. The zero-order valence-corrected chi connectivity index (χ0v) is 79.3. The monoisotopic (exact) mass is 1920 g/mol. The van der Waals surface area contributed by atoms with Gasteiger partial charge in [-0.05, 0) is 98.7 Å². The van der Waals surface area contributed by atoms with Gasteiger partial charge < -0.3 is 130 Å². The van der Waals surface area contributed by atoms with Crippen LogP contribution >= 0.6 is 11.8 Å². The number of carbonyl (C=O) groups excluding carboxylic acids is 17. The number of aromatic nitrogens is 4. The minimum atomic E-state index is -1.89. The number of para-hydroxylation sites is 2. The molecule has 3 aromatic carbocycles. The Morgan fingerprint density at radius 2 is 1.10 bits per heavy atom. The Morgan fingerprint density at radius 3 is 1.69 bits per heavy atom. The molecule has 3 fully saturated rings. The molecule has 3 aromatic heterocycles. The molecule has 3 aliphatic heterocycles. The standard InChI is InChI=1S/C92H130N24O20S/c1-10-12-25-71-84(128)104-62(24-18-32-98-92(95)96)80(124)111-70(79(123)101-44-76(94)120)47-137-48-77(121)103-66(35-52-28-30-57(136-9)31-29-52)87(131)112(6)51(5)78(122)107-68(40-75(93)119)89(133)115-33-19-27-72(115)85(129)106-64(38-55-43-97-49-102-55)82(126)108-65(34-50(3)4)90(134)116-45-56(118)39-74(116)86(130)105-63(36-53-41-99-60-22-16-14-20-58(53)60)81(125)110-69(46-117)83(127)109-67(37-54-42-100-61-23-17-15-21-59(54)61)88(132)114(8)73(26-13-11-2)91(135)113(71)7/h14-17,20-23,28-31,41-43,49-51,56,62-74,99-100,117-118H,10-13,18-19,24-27,32-40,44-48H2,1-9H3,(H2,93,119)(H2,94,120)(H,97,102)(H,101,123)(H,103,121)(H,104,128)(H,105,130)(H,106,129)(H,107,122)(H,108,126)(H,109,127)(H,110,125)(H,111,124)(H4,95,96,98)/t51-,56+,62-,63-,64-,65-,66-,67-,68-,69-,70-,71-,72-,73-,74?/m0/s1. The Balaban J connectivity index is 1.10. The number of nitrogens with two attached hydrogens (primary N) is 3. The van der Waals surface area contributed by atoms with Crippen molar-refractivity contribution in [2.45, 2.75) is 234 Å². The fourth-order valence-electron chi connectivity index (χ4n) is 16.9. The number of amides is 17. The van der Waals surface area contributed by atoms with Crippen molar-refractivity contribution in [1.82, 2.24) is 103 Å². The van der Waals surface area contributed by atoms with Gasteiger partial charge in [0.15, 0.2) is 5.96 Å². The summed E-state index contributed by atoms with van der Waals surface area (Å²) in [5, 5.41) is 61.1. The number of unbranched alkanes of at least 4 members (excludes halogenated alkanes) is 2. The van der Waals surface area contributed by atoms with Gasteiger partial charge in [0.25, 0.3) is 0 Å². The first kappa shape index (κ1) is 107. The molecule has 6 aromatic rings. The quantitative estimate of drug-likeness (QED) is 0.0143. The fourth-order valence-corrected chi connectivity index (χ4v) is 17.8. The number of fused-ring (bicyclic) bond motifs is 4. The Hall–Kier alpha value is -13.7. The number of thioether (sulfide) groups is 1. The lowest BCUT2D eigenvalue weighted by molar-refractivity contribution is -0.149. The predicted octanol–water partition coefficient (Wildman–Crippen LogP) is -2.63. The van der Waals surface area contributed by atoms with Crippen molar-refractivity contribution in [3.8, 4) is 5.75 Å². The summed E-state index contributed by atoms with van der Waals surface area (Å²) in [5.74, 6) is -17.3. The van der Waals surface area contributed by atoms with Crippen LogP contribution in [0.2, 0.25) is 0 Å². The van der Waals surface area contributed by atoms with Crippen LogP contribution in [0.4, 0.5) is 0 Å². The largest absolute Gasteiger partial charge is 0.497 e. The second-order valence-electron chi connectivity index (χ2n) is 35.2. The summed E-state index contributed by atoms with van der Waals surface area (Å²) < 4.78 is 5.35. The molecule has 23 N–H and O–H groups in total. The van der Waals surface area contributed by atoms with Crippen LogP contribution in [-0.4, -0.2) is 324 Å². The van der Waals surface area contributed by atoms with Crippen LogP contribution in [0.1, 0.15) is 140 Å². The third-order valence-corrected chi connectivity index (χ3v) is 25.6. The molecule has 44 nitrogen and oxygen atoms in total. The lowest BCUT2D eigenvalue weighted by atomic mass is 10.00. The van der Waals surface area contributed by atoms with Gasteiger partial charge in [0.1, 0.15) is 90.3 Å². The van der Waals surface area contributed by atoms with E-state index < -0.39 is 241 Å². The van der Waals surface area contributed by atoms with E-state index in [2.05, 4.69) is 78.4 Å². The van der Waals surface area contributed by atoms with Gasteiger partial charge in [-0.2, -0.15) is 0 Å². The van der Waals surface area contributed by atoms with Crippen molar-refractivity contribution in [2.24, 2.45) is 23.1 Å². The normalized spacial score (nSPS) is 24.6. The van der Waals surface area contributed by atoms with Gasteiger partial charge in [-0.3, -0.25) is 86.9 Å². The number of rotatable bonds is 27. The highest BCUT2D eigenvalue weighted by molar-refractivity contribution is 8.00. The molecule has 1 unspecified atom stereocenters. The summed E-state index contributed by atoms with van der Waals surface area (Å²) in [6, 6.07) is -1.27. The third kappa shape index (κ3) is 29.9. The molecule has 3 aliphatic rings. The topological polar surface area (TPSA) is 651 Å². The highest BCUT2D eigenvalue weighted by atomic mass is 32.2. The summed E-state index contributed by atoms with van der Waals surface area (Å²) in [6.07, 6.45) is 3.79. The minimum Gasteiger partial charge on any atom is -0.497 e. The number of guanidine groups is 1. The molecule has 744 valence electrons. The van der Waals surface area contributed by atoms with Gasteiger partial charge in [-0.1, -0.05) is 102 Å².